The van der Waals surface area contributed by atoms with Gasteiger partial charge in [-0.15, -0.1) is 11.6 Å². The van der Waals surface area contributed by atoms with E-state index in [4.69, 9.17) is 11.6 Å². The summed E-state index contributed by atoms with van der Waals surface area (Å²) in [6.07, 6.45) is 0.578. The highest BCUT2D eigenvalue weighted by Crippen LogP contribution is 2.30. The Bertz CT molecular complexity index is 761. The van der Waals surface area contributed by atoms with E-state index in [0.717, 1.165) is 0 Å². The number of rotatable bonds is 2. The van der Waals surface area contributed by atoms with E-state index < -0.39 is 17.8 Å². The van der Waals surface area contributed by atoms with Crippen molar-refractivity contribution in [2.75, 3.05) is 0 Å². The number of benzene rings is 1. The van der Waals surface area contributed by atoms with E-state index in [-0.39, 0.29) is 18.2 Å². The molecular formula is C13H10BrClFN3O2. The first kappa shape index (κ1) is 14.5. The summed E-state index contributed by atoms with van der Waals surface area (Å²) in [6, 6.07) is 2.25. The molecule has 1 unspecified atom stereocenters. The number of amides is 2. The molecule has 2 aromatic rings. The van der Waals surface area contributed by atoms with Crippen LogP contribution >= 0.6 is 27.5 Å². The van der Waals surface area contributed by atoms with Crippen LogP contribution in [0, 0.1) is 5.82 Å². The standard InChI is InChI=1S/C13H10BrClFN3O2/c14-6-3-8-10(4-7(6)16)19(11(5-15)17-8)9-1-2-12(20)18-13(9)21/h3-4,9H,1-2,5H2,(H,18,20,21). The molecule has 1 atom stereocenters. The number of alkyl halides is 1. The summed E-state index contributed by atoms with van der Waals surface area (Å²) in [6.45, 7) is 0. The Morgan fingerprint density at radius 1 is 1.48 bits per heavy atom. The summed E-state index contributed by atoms with van der Waals surface area (Å²) in [5, 5.41) is 2.29. The van der Waals surface area contributed by atoms with Crippen molar-refractivity contribution in [3.8, 4) is 0 Å². The fourth-order valence-corrected chi connectivity index (χ4v) is 3.03. The molecular weight excluding hydrogens is 365 g/mol. The summed E-state index contributed by atoms with van der Waals surface area (Å²) in [5.41, 5.74) is 1.03. The van der Waals surface area contributed by atoms with Gasteiger partial charge in [0.2, 0.25) is 11.8 Å². The minimum Gasteiger partial charge on any atom is -0.314 e. The van der Waals surface area contributed by atoms with Gasteiger partial charge in [0.15, 0.2) is 0 Å². The molecule has 1 fully saturated rings. The third-order valence-electron chi connectivity index (χ3n) is 3.45. The van der Waals surface area contributed by atoms with Crippen LogP contribution in [-0.2, 0) is 15.5 Å². The Balaban J connectivity index is 2.18. The number of imide groups is 1. The van der Waals surface area contributed by atoms with Gasteiger partial charge in [0.05, 0.1) is 21.4 Å². The van der Waals surface area contributed by atoms with Gasteiger partial charge >= 0.3 is 0 Å². The predicted octanol–water partition coefficient (Wildman–Crippen LogP) is 2.65. The molecule has 0 aliphatic carbocycles. The Kier molecular flexibility index (Phi) is 3.71. The van der Waals surface area contributed by atoms with Crippen molar-refractivity contribution in [3.05, 3.63) is 28.2 Å². The molecule has 1 aliphatic rings. The van der Waals surface area contributed by atoms with Crippen molar-refractivity contribution < 1.29 is 14.0 Å². The lowest BCUT2D eigenvalue weighted by Gasteiger charge is -2.24. The quantitative estimate of drug-likeness (QED) is 0.649. The lowest BCUT2D eigenvalue weighted by Crippen LogP contribution is -2.42. The van der Waals surface area contributed by atoms with E-state index in [1.165, 1.54) is 6.07 Å². The molecule has 3 rings (SSSR count). The normalized spacial score (nSPS) is 19.1. The second-order valence-electron chi connectivity index (χ2n) is 4.75. The first-order valence-electron chi connectivity index (χ1n) is 6.26. The third kappa shape index (κ3) is 2.44. The topological polar surface area (TPSA) is 64.0 Å². The number of carbonyl (C=O) groups excluding carboxylic acids is 2. The average molecular weight is 375 g/mol. The summed E-state index contributed by atoms with van der Waals surface area (Å²) < 4.78 is 15.7. The van der Waals surface area contributed by atoms with Crippen LogP contribution in [0.1, 0.15) is 24.7 Å². The van der Waals surface area contributed by atoms with E-state index in [2.05, 4.69) is 26.2 Å². The van der Waals surface area contributed by atoms with E-state index in [1.54, 1.807) is 10.6 Å². The molecule has 0 bridgehead atoms. The van der Waals surface area contributed by atoms with Crippen LogP contribution in [0.5, 0.6) is 0 Å². The van der Waals surface area contributed by atoms with Crippen LogP contribution in [-0.4, -0.2) is 21.4 Å². The molecule has 8 heteroatoms. The summed E-state index contributed by atoms with van der Waals surface area (Å²) >= 11 is 9.00. The van der Waals surface area contributed by atoms with Gasteiger partial charge in [0.25, 0.3) is 0 Å². The highest BCUT2D eigenvalue weighted by Gasteiger charge is 2.31. The van der Waals surface area contributed by atoms with Crippen molar-refractivity contribution in [2.45, 2.75) is 24.8 Å². The Labute approximate surface area is 132 Å². The smallest absolute Gasteiger partial charge is 0.249 e. The first-order valence-corrected chi connectivity index (χ1v) is 7.59. The van der Waals surface area contributed by atoms with Crippen molar-refractivity contribution in [3.63, 3.8) is 0 Å². The van der Waals surface area contributed by atoms with Gasteiger partial charge in [-0.05, 0) is 28.4 Å². The number of hydrogen-bond acceptors (Lipinski definition) is 3. The second-order valence-corrected chi connectivity index (χ2v) is 5.88. The van der Waals surface area contributed by atoms with Gasteiger partial charge in [-0.1, -0.05) is 0 Å². The predicted molar refractivity (Wildman–Crippen MR) is 78.4 cm³/mol. The SMILES string of the molecule is O=C1CCC(n2c(CCl)nc3cc(Br)c(F)cc32)C(=O)N1. The van der Waals surface area contributed by atoms with Crippen LogP contribution < -0.4 is 5.32 Å². The number of fused-ring (bicyclic) bond motifs is 1. The number of halogens is 3. The van der Waals surface area contributed by atoms with Crippen LogP contribution in [0.25, 0.3) is 11.0 Å². The molecule has 110 valence electrons. The summed E-state index contributed by atoms with van der Waals surface area (Å²) in [4.78, 5) is 27.6. The zero-order valence-electron chi connectivity index (χ0n) is 10.7. The maximum absolute atomic E-state index is 13.8. The maximum Gasteiger partial charge on any atom is 0.249 e. The van der Waals surface area contributed by atoms with Gasteiger partial charge < -0.3 is 4.57 Å². The maximum atomic E-state index is 13.8. The van der Waals surface area contributed by atoms with Crippen LogP contribution in [0.4, 0.5) is 4.39 Å². The molecule has 1 N–H and O–H groups in total. The third-order valence-corrected chi connectivity index (χ3v) is 4.29. The highest BCUT2D eigenvalue weighted by atomic mass is 79.9. The van der Waals surface area contributed by atoms with E-state index >= 15 is 0 Å². The second kappa shape index (κ2) is 5.38. The first-order chi connectivity index (χ1) is 10.0. The lowest BCUT2D eigenvalue weighted by molar-refractivity contribution is -0.135. The molecule has 0 spiro atoms. The Morgan fingerprint density at radius 2 is 2.24 bits per heavy atom. The van der Waals surface area contributed by atoms with Crippen LogP contribution in [0.15, 0.2) is 16.6 Å². The van der Waals surface area contributed by atoms with E-state index in [0.29, 0.717) is 27.8 Å². The Morgan fingerprint density at radius 3 is 2.90 bits per heavy atom. The molecule has 2 heterocycles. The average Bonchev–Trinajstić information content (AvgIpc) is 2.77. The number of nitrogens with zero attached hydrogens (tertiary/aromatic N) is 2. The van der Waals surface area contributed by atoms with Gasteiger partial charge in [-0.3, -0.25) is 14.9 Å². The number of imidazole rings is 1. The van der Waals surface area contributed by atoms with Crippen molar-refractivity contribution in [2.24, 2.45) is 0 Å². The fourth-order valence-electron chi connectivity index (χ4n) is 2.51. The zero-order valence-corrected chi connectivity index (χ0v) is 13.0. The van der Waals surface area contributed by atoms with Gasteiger partial charge in [0.1, 0.15) is 17.7 Å². The molecule has 0 radical (unpaired) electrons. The van der Waals surface area contributed by atoms with Gasteiger partial charge in [0, 0.05) is 12.5 Å². The molecule has 1 aliphatic heterocycles. The van der Waals surface area contributed by atoms with Crippen molar-refractivity contribution in [1.82, 2.24) is 14.9 Å². The largest absolute Gasteiger partial charge is 0.314 e. The minimum absolute atomic E-state index is 0.0889. The number of carbonyl (C=O) groups is 2. The number of hydrogen-bond donors (Lipinski definition) is 1. The summed E-state index contributed by atoms with van der Waals surface area (Å²) in [7, 11) is 0. The molecule has 0 saturated carbocycles. The van der Waals surface area contributed by atoms with Crippen molar-refractivity contribution in [1.29, 1.82) is 0 Å². The molecule has 21 heavy (non-hydrogen) atoms. The number of nitrogens with one attached hydrogen (secondary N) is 1. The number of aromatic nitrogens is 2. The summed E-state index contributed by atoms with van der Waals surface area (Å²) in [5.74, 6) is -0.607. The fraction of sp³-hybridized carbons (Fsp3) is 0.308. The lowest BCUT2D eigenvalue weighted by atomic mass is 10.1. The monoisotopic (exact) mass is 373 g/mol. The molecule has 2 amide bonds. The zero-order chi connectivity index (χ0) is 15.1. The van der Waals surface area contributed by atoms with Crippen molar-refractivity contribution >= 4 is 50.4 Å². The van der Waals surface area contributed by atoms with Crippen LogP contribution in [0.3, 0.4) is 0 Å². The van der Waals surface area contributed by atoms with E-state index in [9.17, 15) is 14.0 Å². The molecule has 1 aromatic heterocycles. The molecule has 1 aromatic carbocycles. The molecule has 1 saturated heterocycles. The molecule has 5 nitrogen and oxygen atoms in total. The Hall–Kier alpha value is -1.47. The van der Waals surface area contributed by atoms with Gasteiger partial charge in [-0.2, -0.15) is 0 Å². The van der Waals surface area contributed by atoms with Crippen LogP contribution in [0.2, 0.25) is 0 Å². The number of piperidine rings is 1. The van der Waals surface area contributed by atoms with E-state index in [1.807, 2.05) is 0 Å². The highest BCUT2D eigenvalue weighted by molar-refractivity contribution is 9.10. The van der Waals surface area contributed by atoms with Gasteiger partial charge in [-0.25, -0.2) is 9.37 Å². The minimum atomic E-state index is -0.609.